The highest BCUT2D eigenvalue weighted by Crippen LogP contribution is 2.35. The van der Waals surface area contributed by atoms with Gasteiger partial charge in [0.2, 0.25) is 0 Å². The van der Waals surface area contributed by atoms with Crippen molar-refractivity contribution < 1.29 is 0 Å². The minimum atomic E-state index is 0.475. The topological polar surface area (TPSA) is 0 Å². The van der Waals surface area contributed by atoms with Crippen LogP contribution in [-0.2, 0) is 0 Å². The molecule has 2 unspecified atom stereocenters. The quantitative estimate of drug-likeness (QED) is 0.483. The van der Waals surface area contributed by atoms with E-state index >= 15 is 0 Å². The molecular formula is C15H33P. The fourth-order valence-corrected chi connectivity index (χ4v) is 3.37. The molecule has 0 amide bonds. The first kappa shape index (κ1) is 16.4. The second-order valence-corrected chi connectivity index (χ2v) is 8.41. The van der Waals surface area contributed by atoms with Crippen molar-refractivity contribution in [3.63, 3.8) is 0 Å². The molecule has 0 radical (unpaired) electrons. The lowest BCUT2D eigenvalue weighted by atomic mass is 9.79. The molecule has 98 valence electrons. The van der Waals surface area contributed by atoms with Crippen molar-refractivity contribution in [2.75, 3.05) is 0 Å². The van der Waals surface area contributed by atoms with E-state index < -0.39 is 0 Å². The third kappa shape index (κ3) is 8.57. The second-order valence-electron chi connectivity index (χ2n) is 7.02. The van der Waals surface area contributed by atoms with Gasteiger partial charge in [-0.3, -0.25) is 0 Å². The van der Waals surface area contributed by atoms with Gasteiger partial charge in [0, 0.05) is 0 Å². The second kappa shape index (κ2) is 7.00. The van der Waals surface area contributed by atoms with Crippen LogP contribution in [-0.4, -0.2) is 5.16 Å². The summed E-state index contributed by atoms with van der Waals surface area (Å²) in [6, 6.07) is 0. The average molecular weight is 244 g/mol. The summed E-state index contributed by atoms with van der Waals surface area (Å²) >= 11 is 0. The summed E-state index contributed by atoms with van der Waals surface area (Å²) in [5, 5.41) is 0.475. The smallest absolute Gasteiger partial charge is 0.0178 e. The highest BCUT2D eigenvalue weighted by atomic mass is 31.0. The van der Waals surface area contributed by atoms with Gasteiger partial charge in [-0.05, 0) is 42.2 Å². The molecule has 0 bridgehead atoms. The van der Waals surface area contributed by atoms with Crippen LogP contribution in [0.3, 0.4) is 0 Å². The molecule has 0 saturated carbocycles. The highest BCUT2D eigenvalue weighted by molar-refractivity contribution is 7.18. The normalized spacial score (nSPS) is 16.5. The molecule has 1 heteroatoms. The first-order chi connectivity index (χ1) is 7.18. The van der Waals surface area contributed by atoms with E-state index in [0.717, 1.165) is 5.92 Å². The van der Waals surface area contributed by atoms with E-state index in [0.29, 0.717) is 10.6 Å². The molecule has 0 spiro atoms. The van der Waals surface area contributed by atoms with Crippen LogP contribution in [0.1, 0.15) is 80.1 Å². The van der Waals surface area contributed by atoms with Crippen LogP contribution in [0, 0.1) is 11.3 Å². The predicted molar refractivity (Wildman–Crippen MR) is 80.1 cm³/mol. The van der Waals surface area contributed by atoms with E-state index in [1.165, 1.54) is 38.5 Å². The summed E-state index contributed by atoms with van der Waals surface area (Å²) < 4.78 is 0. The van der Waals surface area contributed by atoms with Gasteiger partial charge in [0.15, 0.2) is 0 Å². The van der Waals surface area contributed by atoms with Crippen LogP contribution < -0.4 is 0 Å². The van der Waals surface area contributed by atoms with Gasteiger partial charge in [-0.25, -0.2) is 0 Å². The summed E-state index contributed by atoms with van der Waals surface area (Å²) in [4.78, 5) is 0. The number of hydrogen-bond acceptors (Lipinski definition) is 0. The number of rotatable bonds is 8. The van der Waals surface area contributed by atoms with Gasteiger partial charge in [0.1, 0.15) is 0 Å². The molecule has 2 atom stereocenters. The molecule has 0 N–H and O–H groups in total. The Kier molecular flexibility index (Phi) is 7.18. The standard InChI is InChI=1S/C15H33P/c1-7-9-15(6,16)11-8-10-14(4,5)12-13(2)3/h13H,7-12,16H2,1-6H3. The van der Waals surface area contributed by atoms with Crippen molar-refractivity contribution in [3.8, 4) is 0 Å². The average Bonchev–Trinajstić information content (AvgIpc) is 1.99. The van der Waals surface area contributed by atoms with Crippen LogP contribution in [0.2, 0.25) is 0 Å². The Morgan fingerprint density at radius 2 is 1.56 bits per heavy atom. The molecule has 0 fully saturated rings. The van der Waals surface area contributed by atoms with Gasteiger partial charge < -0.3 is 0 Å². The third-order valence-corrected chi connectivity index (χ3v) is 3.96. The Bertz CT molecular complexity index is 180. The Morgan fingerprint density at radius 1 is 1.00 bits per heavy atom. The molecule has 0 aromatic heterocycles. The van der Waals surface area contributed by atoms with Crippen LogP contribution in [0.5, 0.6) is 0 Å². The van der Waals surface area contributed by atoms with E-state index in [1.54, 1.807) is 0 Å². The van der Waals surface area contributed by atoms with E-state index in [1.807, 2.05) is 0 Å². The minimum absolute atomic E-state index is 0.475. The summed E-state index contributed by atoms with van der Waals surface area (Å²) in [7, 11) is 3.06. The lowest BCUT2D eigenvalue weighted by molar-refractivity contribution is 0.252. The first-order valence-electron chi connectivity index (χ1n) is 6.97. The van der Waals surface area contributed by atoms with Gasteiger partial charge in [-0.1, -0.05) is 54.4 Å². The van der Waals surface area contributed by atoms with Crippen molar-refractivity contribution in [1.29, 1.82) is 0 Å². The molecule has 0 saturated heterocycles. The SMILES string of the molecule is CCCC(C)(P)CCCC(C)(C)CC(C)C. The molecule has 16 heavy (non-hydrogen) atoms. The lowest BCUT2D eigenvalue weighted by Crippen LogP contribution is -2.18. The molecule has 0 aliphatic carbocycles. The van der Waals surface area contributed by atoms with Gasteiger partial charge >= 0.3 is 0 Å². The molecule has 0 heterocycles. The zero-order valence-electron chi connectivity index (χ0n) is 12.4. The van der Waals surface area contributed by atoms with Gasteiger partial charge in [0.05, 0.1) is 0 Å². The maximum absolute atomic E-state index is 3.06. The van der Waals surface area contributed by atoms with Crippen LogP contribution in [0.4, 0.5) is 0 Å². The summed E-state index contributed by atoms with van der Waals surface area (Å²) in [6.07, 6.45) is 8.09. The third-order valence-electron chi connectivity index (χ3n) is 3.38. The van der Waals surface area contributed by atoms with E-state index in [4.69, 9.17) is 0 Å². The van der Waals surface area contributed by atoms with Gasteiger partial charge in [-0.15, -0.1) is 9.24 Å². The van der Waals surface area contributed by atoms with E-state index in [9.17, 15) is 0 Å². The highest BCUT2D eigenvalue weighted by Gasteiger charge is 2.22. The predicted octanol–water partition coefficient (Wildman–Crippen LogP) is 5.66. The van der Waals surface area contributed by atoms with Crippen LogP contribution in [0.15, 0.2) is 0 Å². The lowest BCUT2D eigenvalue weighted by Gasteiger charge is -2.29. The monoisotopic (exact) mass is 244 g/mol. The zero-order valence-corrected chi connectivity index (χ0v) is 13.6. The molecule has 0 aliphatic heterocycles. The fourth-order valence-electron chi connectivity index (χ4n) is 2.87. The van der Waals surface area contributed by atoms with E-state index in [2.05, 4.69) is 50.8 Å². The molecule has 0 rings (SSSR count). The number of hydrogen-bond donors (Lipinski definition) is 0. The zero-order chi connectivity index (χ0) is 12.8. The van der Waals surface area contributed by atoms with Crippen molar-refractivity contribution >= 4 is 9.24 Å². The summed E-state index contributed by atoms with van der Waals surface area (Å²) in [5.74, 6) is 0.827. The van der Waals surface area contributed by atoms with Crippen LogP contribution in [0.25, 0.3) is 0 Å². The van der Waals surface area contributed by atoms with Crippen molar-refractivity contribution in [3.05, 3.63) is 0 Å². The molecule has 0 aromatic rings. The van der Waals surface area contributed by atoms with Gasteiger partial charge in [-0.2, -0.15) is 0 Å². The Morgan fingerprint density at radius 3 is 2.00 bits per heavy atom. The fraction of sp³-hybridized carbons (Fsp3) is 1.00. The van der Waals surface area contributed by atoms with E-state index in [-0.39, 0.29) is 0 Å². The van der Waals surface area contributed by atoms with Crippen LogP contribution >= 0.6 is 9.24 Å². The van der Waals surface area contributed by atoms with Crippen molar-refractivity contribution in [1.82, 2.24) is 0 Å². The Balaban J connectivity index is 3.88. The molecule has 0 aliphatic rings. The minimum Gasteiger partial charge on any atom is -0.131 e. The maximum Gasteiger partial charge on any atom is -0.0178 e. The maximum atomic E-state index is 3.06. The largest absolute Gasteiger partial charge is 0.131 e. The Hall–Kier alpha value is 0.430. The summed E-state index contributed by atoms with van der Waals surface area (Å²) in [6.45, 7) is 14.2. The molecular weight excluding hydrogens is 211 g/mol. The first-order valence-corrected chi connectivity index (χ1v) is 7.55. The van der Waals surface area contributed by atoms with Crippen molar-refractivity contribution in [2.45, 2.75) is 85.2 Å². The van der Waals surface area contributed by atoms with Gasteiger partial charge in [0.25, 0.3) is 0 Å². The molecule has 0 aromatic carbocycles. The summed E-state index contributed by atoms with van der Waals surface area (Å²) in [5.41, 5.74) is 0.529. The Labute approximate surface area is 106 Å². The van der Waals surface area contributed by atoms with Crippen molar-refractivity contribution in [2.24, 2.45) is 11.3 Å². The molecule has 0 nitrogen and oxygen atoms in total.